The second-order valence-electron chi connectivity index (χ2n) is 5.81. The first-order valence-corrected chi connectivity index (χ1v) is 6.83. The zero-order valence-corrected chi connectivity index (χ0v) is 11.7. The van der Waals surface area contributed by atoms with Crippen LogP contribution in [0.4, 0.5) is 5.69 Å². The smallest absolute Gasteiger partial charge is 0.241 e. The van der Waals surface area contributed by atoms with Crippen LogP contribution >= 0.6 is 0 Å². The Morgan fingerprint density at radius 2 is 2.16 bits per heavy atom. The summed E-state index contributed by atoms with van der Waals surface area (Å²) in [7, 11) is 1.98. The van der Waals surface area contributed by atoms with Gasteiger partial charge in [-0.25, -0.2) is 0 Å². The van der Waals surface area contributed by atoms with Crippen LogP contribution in [0.2, 0.25) is 0 Å². The summed E-state index contributed by atoms with van der Waals surface area (Å²) in [5.74, 6) is 1.48. The fourth-order valence-electron chi connectivity index (χ4n) is 2.87. The number of piperazine rings is 1. The van der Waals surface area contributed by atoms with Crippen LogP contribution < -0.4 is 9.64 Å². The third-order valence-corrected chi connectivity index (χ3v) is 3.90. The van der Waals surface area contributed by atoms with Gasteiger partial charge < -0.3 is 9.64 Å². The zero-order valence-electron chi connectivity index (χ0n) is 11.7. The van der Waals surface area contributed by atoms with Crippen LogP contribution in [-0.4, -0.2) is 43.6 Å². The fourth-order valence-corrected chi connectivity index (χ4v) is 2.87. The highest BCUT2D eigenvalue weighted by Gasteiger charge is 2.37. The molecule has 102 valence electrons. The van der Waals surface area contributed by atoms with E-state index in [0.717, 1.165) is 18.0 Å². The molecule has 4 heteroatoms. The molecule has 19 heavy (non-hydrogen) atoms. The number of carbonyl (C=O) groups excluding carboxylic acids is 1. The van der Waals surface area contributed by atoms with E-state index in [2.05, 4.69) is 30.9 Å². The summed E-state index contributed by atoms with van der Waals surface area (Å²) in [4.78, 5) is 16.2. The van der Waals surface area contributed by atoms with Gasteiger partial charge in [0.15, 0.2) is 0 Å². The van der Waals surface area contributed by atoms with E-state index in [0.29, 0.717) is 19.1 Å². The van der Waals surface area contributed by atoms with E-state index in [1.54, 1.807) is 0 Å². The highest BCUT2D eigenvalue weighted by Crippen LogP contribution is 2.37. The molecule has 3 rings (SSSR count). The van der Waals surface area contributed by atoms with Gasteiger partial charge in [-0.1, -0.05) is 19.9 Å². The Kier molecular flexibility index (Phi) is 2.97. The van der Waals surface area contributed by atoms with Crippen LogP contribution in [0.5, 0.6) is 5.75 Å². The summed E-state index contributed by atoms with van der Waals surface area (Å²) in [5, 5.41) is 0. The second kappa shape index (κ2) is 4.53. The quantitative estimate of drug-likeness (QED) is 0.772. The molecule has 1 atom stereocenters. The highest BCUT2D eigenvalue weighted by atomic mass is 16.5. The van der Waals surface area contributed by atoms with Gasteiger partial charge in [0.05, 0.1) is 18.3 Å². The van der Waals surface area contributed by atoms with E-state index in [4.69, 9.17) is 4.74 Å². The molecule has 2 aliphatic heterocycles. The summed E-state index contributed by atoms with van der Waals surface area (Å²) in [5.41, 5.74) is 2.18. The van der Waals surface area contributed by atoms with Gasteiger partial charge in [0.1, 0.15) is 12.4 Å². The summed E-state index contributed by atoms with van der Waals surface area (Å²) in [6, 6.07) is 6.34. The van der Waals surface area contributed by atoms with Crippen molar-refractivity contribution in [3.05, 3.63) is 23.8 Å². The number of carbonyl (C=O) groups is 1. The van der Waals surface area contributed by atoms with E-state index >= 15 is 0 Å². The average Bonchev–Trinajstić information content (AvgIpc) is 2.36. The summed E-state index contributed by atoms with van der Waals surface area (Å²) >= 11 is 0. The van der Waals surface area contributed by atoms with Crippen LogP contribution in [0.3, 0.4) is 0 Å². The number of rotatable bonds is 1. The summed E-state index contributed by atoms with van der Waals surface area (Å²) < 4.78 is 5.86. The minimum atomic E-state index is 0.142. The molecule has 0 spiro atoms. The molecule has 1 fully saturated rings. The molecule has 1 amide bonds. The van der Waals surface area contributed by atoms with Crippen molar-refractivity contribution in [2.24, 2.45) is 0 Å². The number of nitrogens with zero attached hydrogens (tertiary/aromatic N) is 2. The van der Waals surface area contributed by atoms with Crippen LogP contribution in [0.15, 0.2) is 18.2 Å². The molecule has 0 saturated carbocycles. The number of anilines is 1. The maximum absolute atomic E-state index is 12.2. The Labute approximate surface area is 113 Å². The Morgan fingerprint density at radius 1 is 1.37 bits per heavy atom. The van der Waals surface area contributed by atoms with Crippen LogP contribution in [0.1, 0.15) is 25.3 Å². The lowest BCUT2D eigenvalue weighted by Gasteiger charge is -2.43. The Hall–Kier alpha value is -1.55. The lowest BCUT2D eigenvalue weighted by Crippen LogP contribution is -2.59. The molecule has 4 nitrogen and oxygen atoms in total. The number of likely N-dealkylation sites (N-methyl/N-ethyl adjacent to an activating group) is 1. The van der Waals surface area contributed by atoms with Gasteiger partial charge in [0.2, 0.25) is 5.91 Å². The average molecular weight is 260 g/mol. The van der Waals surface area contributed by atoms with E-state index < -0.39 is 0 Å². The van der Waals surface area contributed by atoms with Crippen molar-refractivity contribution in [2.45, 2.75) is 25.8 Å². The number of hydrogen-bond acceptors (Lipinski definition) is 3. The topological polar surface area (TPSA) is 32.8 Å². The zero-order chi connectivity index (χ0) is 13.6. The predicted molar refractivity (Wildman–Crippen MR) is 74.8 cm³/mol. The van der Waals surface area contributed by atoms with Crippen molar-refractivity contribution < 1.29 is 9.53 Å². The lowest BCUT2D eigenvalue weighted by molar-refractivity contribution is -0.122. The van der Waals surface area contributed by atoms with Gasteiger partial charge in [-0.3, -0.25) is 9.69 Å². The molecule has 2 aliphatic rings. The predicted octanol–water partition coefficient (Wildman–Crippen LogP) is 1.85. The van der Waals surface area contributed by atoms with Gasteiger partial charge >= 0.3 is 0 Å². The van der Waals surface area contributed by atoms with Crippen LogP contribution in [0.25, 0.3) is 0 Å². The normalized spacial score (nSPS) is 23.1. The fraction of sp³-hybridized carbons (Fsp3) is 0.533. The molecular weight excluding hydrogens is 240 g/mol. The van der Waals surface area contributed by atoms with Gasteiger partial charge in [0, 0.05) is 6.54 Å². The van der Waals surface area contributed by atoms with E-state index in [-0.39, 0.29) is 11.9 Å². The van der Waals surface area contributed by atoms with Gasteiger partial charge in [-0.15, -0.1) is 0 Å². The lowest BCUT2D eigenvalue weighted by atomic mass is 10.0. The molecule has 1 aromatic rings. The molecule has 1 saturated heterocycles. The number of ether oxygens (including phenoxy) is 1. The molecular formula is C15H20N2O2. The number of amides is 1. The first-order chi connectivity index (χ1) is 9.06. The molecule has 0 bridgehead atoms. The standard InChI is InChI=1S/C15H20N2O2/c1-10(2)11-4-5-13-14(6-11)19-9-12-7-16(3)8-15(18)17(12)13/h4-6,10,12H,7-9H2,1-3H3. The number of benzene rings is 1. The Bertz CT molecular complexity index is 513. The first-order valence-electron chi connectivity index (χ1n) is 6.83. The number of hydrogen-bond donors (Lipinski definition) is 0. The van der Waals surface area contributed by atoms with Gasteiger partial charge in [-0.05, 0) is 30.7 Å². The molecule has 1 unspecified atom stereocenters. The van der Waals surface area contributed by atoms with E-state index in [1.165, 1.54) is 5.56 Å². The minimum absolute atomic E-state index is 0.142. The van der Waals surface area contributed by atoms with Crippen molar-refractivity contribution >= 4 is 11.6 Å². The van der Waals surface area contributed by atoms with Crippen molar-refractivity contribution in [2.75, 3.05) is 31.6 Å². The summed E-state index contributed by atoms with van der Waals surface area (Å²) in [6.07, 6.45) is 0. The minimum Gasteiger partial charge on any atom is -0.489 e. The van der Waals surface area contributed by atoms with E-state index in [9.17, 15) is 4.79 Å². The Morgan fingerprint density at radius 3 is 2.89 bits per heavy atom. The van der Waals surface area contributed by atoms with E-state index in [1.807, 2.05) is 18.0 Å². The molecule has 1 aromatic carbocycles. The molecule has 0 radical (unpaired) electrons. The Balaban J connectivity index is 1.98. The van der Waals surface area contributed by atoms with Crippen LogP contribution in [0, 0.1) is 0 Å². The third-order valence-electron chi connectivity index (χ3n) is 3.90. The van der Waals surface area contributed by atoms with Gasteiger partial charge in [0.25, 0.3) is 0 Å². The van der Waals surface area contributed by atoms with Crippen molar-refractivity contribution in [1.29, 1.82) is 0 Å². The second-order valence-corrected chi connectivity index (χ2v) is 5.81. The molecule has 0 N–H and O–H groups in total. The molecule has 0 aromatic heterocycles. The SMILES string of the molecule is CC(C)c1ccc2c(c1)OCC1CN(C)CC(=O)N21. The number of fused-ring (bicyclic) bond motifs is 3. The monoisotopic (exact) mass is 260 g/mol. The maximum Gasteiger partial charge on any atom is 0.241 e. The third kappa shape index (κ3) is 2.10. The summed E-state index contributed by atoms with van der Waals surface area (Å²) in [6.45, 7) is 6.27. The van der Waals surface area contributed by atoms with Crippen molar-refractivity contribution in [1.82, 2.24) is 4.90 Å². The maximum atomic E-state index is 12.2. The van der Waals surface area contributed by atoms with Gasteiger partial charge in [-0.2, -0.15) is 0 Å². The molecule has 2 heterocycles. The first kappa shape index (κ1) is 12.5. The highest BCUT2D eigenvalue weighted by molar-refractivity contribution is 5.98. The van der Waals surface area contributed by atoms with Crippen molar-refractivity contribution in [3.63, 3.8) is 0 Å². The van der Waals surface area contributed by atoms with Crippen LogP contribution in [-0.2, 0) is 4.79 Å². The molecule has 0 aliphatic carbocycles. The van der Waals surface area contributed by atoms with Crippen molar-refractivity contribution in [3.8, 4) is 5.75 Å². The largest absolute Gasteiger partial charge is 0.489 e.